The summed E-state index contributed by atoms with van der Waals surface area (Å²) in [4.78, 5) is 35.5. The van der Waals surface area contributed by atoms with E-state index in [4.69, 9.17) is 0 Å². The van der Waals surface area contributed by atoms with Gasteiger partial charge in [-0.2, -0.15) is 13.2 Å². The van der Waals surface area contributed by atoms with E-state index in [1.165, 1.54) is 22.7 Å². The molecule has 13 heteroatoms. The van der Waals surface area contributed by atoms with Crippen molar-refractivity contribution in [2.45, 2.75) is 45.0 Å². The Balaban J connectivity index is 1.45. The number of carbonyl (C=O) groups is 2. The van der Waals surface area contributed by atoms with Gasteiger partial charge in [-0.1, -0.05) is 0 Å². The third kappa shape index (κ3) is 4.83. The van der Waals surface area contributed by atoms with Crippen molar-refractivity contribution in [3.63, 3.8) is 0 Å². The van der Waals surface area contributed by atoms with Crippen LogP contribution in [0, 0.1) is 12.3 Å². The van der Waals surface area contributed by atoms with Crippen LogP contribution in [0.2, 0.25) is 0 Å². The van der Waals surface area contributed by atoms with Crippen LogP contribution in [0.5, 0.6) is 0 Å². The molecule has 2 N–H and O–H groups in total. The van der Waals surface area contributed by atoms with Crippen LogP contribution in [0.4, 0.5) is 23.1 Å². The summed E-state index contributed by atoms with van der Waals surface area (Å²) < 4.78 is 41.6. The molecule has 1 saturated heterocycles. The topological polar surface area (TPSA) is 105 Å². The summed E-state index contributed by atoms with van der Waals surface area (Å²) in [7, 11) is 0. The predicted octanol–water partition coefficient (Wildman–Crippen LogP) is 3.56. The number of aliphatic hydroxyl groups excluding tert-OH is 1. The first-order valence-electron chi connectivity index (χ1n) is 9.43. The fourth-order valence-corrected chi connectivity index (χ4v) is 5.29. The van der Waals surface area contributed by atoms with Crippen molar-refractivity contribution in [2.75, 3.05) is 18.5 Å². The van der Waals surface area contributed by atoms with Gasteiger partial charge in [0.25, 0.3) is 0 Å². The Labute approximate surface area is 183 Å². The Morgan fingerprint density at radius 1 is 1.39 bits per heavy atom. The first-order chi connectivity index (χ1) is 14.6. The molecule has 1 aliphatic carbocycles. The minimum Gasteiger partial charge on any atom is -0.440 e. The molecule has 2 amide bonds. The molecule has 168 valence electrons. The number of amides is 2. The van der Waals surface area contributed by atoms with Crippen LogP contribution in [-0.4, -0.2) is 57.3 Å². The van der Waals surface area contributed by atoms with Crippen LogP contribution >= 0.6 is 22.7 Å². The number of aliphatic hydroxyl groups is 1. The lowest BCUT2D eigenvalue weighted by atomic mass is 10.0. The van der Waals surface area contributed by atoms with Gasteiger partial charge in [0, 0.05) is 11.9 Å². The Bertz CT molecular complexity index is 1000. The molecule has 1 aliphatic heterocycles. The highest BCUT2D eigenvalue weighted by atomic mass is 32.1. The van der Waals surface area contributed by atoms with Gasteiger partial charge in [0.1, 0.15) is 11.0 Å². The zero-order valence-electron chi connectivity index (χ0n) is 16.4. The molecule has 31 heavy (non-hydrogen) atoms. The van der Waals surface area contributed by atoms with Crippen LogP contribution in [0.15, 0.2) is 5.38 Å². The number of carbonyl (C=O) groups excluding carboxylic acids is 2. The van der Waals surface area contributed by atoms with Gasteiger partial charge in [-0.25, -0.2) is 14.8 Å². The van der Waals surface area contributed by atoms with Gasteiger partial charge in [0.15, 0.2) is 11.7 Å². The summed E-state index contributed by atoms with van der Waals surface area (Å²) in [6.07, 6.45) is -3.76. The van der Waals surface area contributed by atoms with E-state index >= 15 is 0 Å². The van der Waals surface area contributed by atoms with Gasteiger partial charge in [-0.15, -0.1) is 22.7 Å². The first kappa shape index (κ1) is 22.0. The molecule has 2 aromatic heterocycles. The Morgan fingerprint density at radius 2 is 2.13 bits per heavy atom. The van der Waals surface area contributed by atoms with E-state index in [0.29, 0.717) is 27.9 Å². The average Bonchev–Trinajstić information content (AvgIpc) is 3.03. The molecular weight excluding hydrogens is 457 g/mol. The third-order valence-corrected chi connectivity index (χ3v) is 7.23. The molecule has 4 rings (SSSR count). The second-order valence-electron chi connectivity index (χ2n) is 7.72. The number of halogens is 3. The third-order valence-electron chi connectivity index (χ3n) is 5.31. The van der Waals surface area contributed by atoms with Crippen LogP contribution in [0.1, 0.15) is 30.0 Å². The van der Waals surface area contributed by atoms with Gasteiger partial charge in [-0.05, 0) is 31.6 Å². The van der Waals surface area contributed by atoms with E-state index in [1.807, 2.05) is 0 Å². The number of nitrogens with zero attached hydrogens (tertiary/aromatic N) is 3. The maximum absolute atomic E-state index is 12.9. The van der Waals surface area contributed by atoms with Gasteiger partial charge < -0.3 is 15.2 Å². The van der Waals surface area contributed by atoms with E-state index in [1.54, 1.807) is 12.3 Å². The Morgan fingerprint density at radius 3 is 2.74 bits per heavy atom. The zero-order chi connectivity index (χ0) is 22.4. The van der Waals surface area contributed by atoms with Gasteiger partial charge in [0.05, 0.1) is 22.9 Å². The summed E-state index contributed by atoms with van der Waals surface area (Å²) >= 11 is 2.48. The predicted molar refractivity (Wildman–Crippen MR) is 107 cm³/mol. The fourth-order valence-electron chi connectivity index (χ4n) is 3.63. The molecular formula is C18H19F3N4O4S2. The largest absolute Gasteiger partial charge is 0.440 e. The van der Waals surface area contributed by atoms with Crippen molar-refractivity contribution >= 4 is 39.8 Å². The molecule has 0 aromatic carbocycles. The molecule has 0 radical (unpaired) electrons. The summed E-state index contributed by atoms with van der Waals surface area (Å²) in [5.74, 6) is -0.509. The van der Waals surface area contributed by atoms with Crippen molar-refractivity contribution in [1.29, 1.82) is 0 Å². The van der Waals surface area contributed by atoms with Gasteiger partial charge in [0.2, 0.25) is 5.91 Å². The summed E-state index contributed by atoms with van der Waals surface area (Å²) in [6, 6.07) is -0.915. The number of hydrogen-bond donors (Lipinski definition) is 2. The second kappa shape index (κ2) is 8.02. The maximum atomic E-state index is 12.9. The smallest absolute Gasteiger partial charge is 0.422 e. The lowest BCUT2D eigenvalue weighted by Gasteiger charge is -2.23. The van der Waals surface area contributed by atoms with Gasteiger partial charge >= 0.3 is 12.3 Å². The highest BCUT2D eigenvalue weighted by Crippen LogP contribution is 2.55. The Kier molecular flexibility index (Phi) is 5.68. The zero-order valence-corrected chi connectivity index (χ0v) is 18.0. The minimum atomic E-state index is -4.63. The highest BCUT2D eigenvalue weighted by Gasteiger charge is 2.56. The SMILES string of the molecule is Cc1nc(CO)sc1-c1csc(NC(=O)[C@@H]2CC3(CC3)CN2C(=O)OCC(F)(F)F)n1. The van der Waals surface area contributed by atoms with Crippen LogP contribution in [0.3, 0.4) is 0 Å². The normalized spacial score (nSPS) is 19.6. The number of likely N-dealkylation sites (tertiary alicyclic amines) is 1. The van der Waals surface area contributed by atoms with Crippen molar-refractivity contribution < 1.29 is 32.6 Å². The lowest BCUT2D eigenvalue weighted by molar-refractivity contribution is -0.162. The van der Waals surface area contributed by atoms with Crippen molar-refractivity contribution in [2.24, 2.45) is 5.41 Å². The first-order valence-corrected chi connectivity index (χ1v) is 11.1. The van der Waals surface area contributed by atoms with Crippen molar-refractivity contribution in [3.8, 4) is 10.6 Å². The monoisotopic (exact) mass is 476 g/mol. The number of rotatable bonds is 5. The van der Waals surface area contributed by atoms with Crippen LogP contribution in [0.25, 0.3) is 10.6 Å². The van der Waals surface area contributed by atoms with E-state index in [9.17, 15) is 27.9 Å². The van der Waals surface area contributed by atoms with Crippen molar-refractivity contribution in [3.05, 3.63) is 16.1 Å². The number of thiazole rings is 2. The molecule has 2 aliphatic rings. The number of ether oxygens (including phenoxy) is 1. The number of nitrogens with one attached hydrogen (secondary N) is 1. The molecule has 1 atom stereocenters. The van der Waals surface area contributed by atoms with E-state index in [-0.39, 0.29) is 18.6 Å². The quantitative estimate of drug-likeness (QED) is 0.684. The average molecular weight is 477 g/mol. The molecule has 2 fully saturated rings. The van der Waals surface area contributed by atoms with Crippen molar-refractivity contribution in [1.82, 2.24) is 14.9 Å². The second-order valence-corrected chi connectivity index (χ2v) is 9.67. The number of alkyl halides is 3. The minimum absolute atomic E-state index is 0.178. The fraction of sp³-hybridized carbons (Fsp3) is 0.556. The standard InChI is InChI=1S/C18H19F3N4O4S2/c1-9-13(31-12(5-26)22-9)10-6-30-15(23-10)24-14(27)11-4-17(2-3-17)7-25(11)16(28)29-8-18(19,20)21/h6,11,26H,2-5,7-8H2,1H3,(H,23,24,27)/t11-/m0/s1. The molecule has 1 spiro atoms. The number of aromatic nitrogens is 2. The summed E-state index contributed by atoms with van der Waals surface area (Å²) in [5, 5.41) is 14.5. The highest BCUT2D eigenvalue weighted by molar-refractivity contribution is 7.17. The van der Waals surface area contributed by atoms with Crippen LogP contribution < -0.4 is 5.32 Å². The molecule has 3 heterocycles. The molecule has 0 bridgehead atoms. The summed E-state index contributed by atoms with van der Waals surface area (Å²) in [5.41, 5.74) is 1.09. The molecule has 8 nitrogen and oxygen atoms in total. The summed E-state index contributed by atoms with van der Waals surface area (Å²) in [6.45, 7) is 0.127. The molecule has 0 unspecified atom stereocenters. The van der Waals surface area contributed by atoms with E-state index < -0.39 is 30.8 Å². The lowest BCUT2D eigenvalue weighted by Crippen LogP contribution is -2.44. The number of anilines is 1. The molecule has 1 saturated carbocycles. The van der Waals surface area contributed by atoms with E-state index in [2.05, 4.69) is 20.0 Å². The number of aryl methyl sites for hydroxylation is 1. The maximum Gasteiger partial charge on any atom is 0.422 e. The Hall–Kier alpha value is -2.25. The van der Waals surface area contributed by atoms with Crippen LogP contribution in [-0.2, 0) is 16.1 Å². The van der Waals surface area contributed by atoms with E-state index in [0.717, 1.165) is 22.6 Å². The van der Waals surface area contributed by atoms with Gasteiger partial charge in [-0.3, -0.25) is 9.69 Å². The number of hydrogen-bond acceptors (Lipinski definition) is 8. The molecule has 2 aromatic rings.